The van der Waals surface area contributed by atoms with Gasteiger partial charge in [-0.15, -0.1) is 0 Å². The molecule has 152 valence electrons. The van der Waals surface area contributed by atoms with Crippen molar-refractivity contribution in [1.82, 2.24) is 9.62 Å². The van der Waals surface area contributed by atoms with Gasteiger partial charge in [-0.25, -0.2) is 22.3 Å². The number of nitrogens with zero attached hydrogens (tertiary/aromatic N) is 1. The summed E-state index contributed by atoms with van der Waals surface area (Å²) in [6.45, 7) is 3.60. The molecule has 1 saturated heterocycles. The van der Waals surface area contributed by atoms with E-state index in [1.807, 2.05) is 0 Å². The maximum Gasteiger partial charge on any atom is 0.419 e. The van der Waals surface area contributed by atoms with Crippen LogP contribution >= 0.6 is 0 Å². The van der Waals surface area contributed by atoms with Gasteiger partial charge in [0.2, 0.25) is 10.0 Å². The molecule has 6 nitrogen and oxygen atoms in total. The number of urea groups is 1. The third kappa shape index (κ3) is 5.55. The number of carbonyl (C=O) groups is 1. The van der Waals surface area contributed by atoms with Crippen LogP contribution in [-0.4, -0.2) is 43.7 Å². The minimum absolute atomic E-state index is 0.170. The maximum atomic E-state index is 13.3. The Bertz CT molecular complexity index is 789. The Morgan fingerprint density at radius 3 is 2.33 bits per heavy atom. The predicted molar refractivity (Wildman–Crippen MR) is 92.2 cm³/mol. The van der Waals surface area contributed by atoms with Crippen molar-refractivity contribution < 1.29 is 30.8 Å². The second-order valence-electron chi connectivity index (χ2n) is 6.60. The summed E-state index contributed by atoms with van der Waals surface area (Å²) in [6, 6.07) is 1.30. The summed E-state index contributed by atoms with van der Waals surface area (Å²) in [5, 5.41) is 1.75. The second-order valence-corrected chi connectivity index (χ2v) is 8.86. The van der Waals surface area contributed by atoms with Crippen LogP contribution in [0.15, 0.2) is 18.2 Å². The molecular formula is C16H21F4N3O3S. The van der Waals surface area contributed by atoms with Crippen molar-refractivity contribution in [2.45, 2.75) is 44.2 Å². The largest absolute Gasteiger partial charge is 0.419 e. The van der Waals surface area contributed by atoms with E-state index >= 15 is 0 Å². The van der Waals surface area contributed by atoms with E-state index < -0.39 is 38.9 Å². The van der Waals surface area contributed by atoms with Gasteiger partial charge in [-0.1, -0.05) is 0 Å². The molecule has 2 N–H and O–H groups in total. The molecule has 0 atom stereocenters. The number of alkyl halides is 3. The minimum atomic E-state index is -4.86. The number of carbonyl (C=O) groups excluding carboxylic acids is 1. The molecule has 1 aliphatic heterocycles. The predicted octanol–water partition coefficient (Wildman–Crippen LogP) is 3.17. The Hall–Kier alpha value is -1.88. The summed E-state index contributed by atoms with van der Waals surface area (Å²) in [6.07, 6.45) is -4.09. The van der Waals surface area contributed by atoms with Crippen molar-refractivity contribution in [2.24, 2.45) is 0 Å². The number of sulfonamides is 1. The Morgan fingerprint density at radius 1 is 1.22 bits per heavy atom. The van der Waals surface area contributed by atoms with E-state index in [2.05, 4.69) is 10.0 Å². The third-order valence-electron chi connectivity index (χ3n) is 4.26. The summed E-state index contributed by atoms with van der Waals surface area (Å²) < 4.78 is 77.8. The third-order valence-corrected chi connectivity index (χ3v) is 6.16. The molecular weight excluding hydrogens is 390 g/mol. The summed E-state index contributed by atoms with van der Waals surface area (Å²) in [4.78, 5) is 13.6. The van der Waals surface area contributed by atoms with Crippen LogP contribution in [0.4, 0.5) is 28.0 Å². The monoisotopic (exact) mass is 411 g/mol. The van der Waals surface area contributed by atoms with Gasteiger partial charge >= 0.3 is 12.2 Å². The zero-order chi connectivity index (χ0) is 20.4. The van der Waals surface area contributed by atoms with Crippen LogP contribution in [0.1, 0.15) is 32.3 Å². The van der Waals surface area contributed by atoms with E-state index in [0.717, 1.165) is 6.07 Å². The van der Waals surface area contributed by atoms with Gasteiger partial charge in [0.25, 0.3) is 0 Å². The Labute approximate surface area is 155 Å². The molecule has 0 unspecified atom stereocenters. The van der Waals surface area contributed by atoms with Crippen molar-refractivity contribution in [3.8, 4) is 0 Å². The highest BCUT2D eigenvalue weighted by atomic mass is 32.2. The molecule has 27 heavy (non-hydrogen) atoms. The topological polar surface area (TPSA) is 78.5 Å². The quantitative estimate of drug-likeness (QED) is 0.747. The molecule has 0 spiro atoms. The molecule has 2 amide bonds. The number of hydrogen-bond donors (Lipinski definition) is 2. The van der Waals surface area contributed by atoms with Gasteiger partial charge in [-0.2, -0.15) is 13.2 Å². The fourth-order valence-corrected chi connectivity index (χ4v) is 3.56. The highest BCUT2D eigenvalue weighted by molar-refractivity contribution is 7.90. The number of likely N-dealkylation sites (tertiary alicyclic amines) is 1. The molecule has 0 saturated carbocycles. The lowest BCUT2D eigenvalue weighted by atomic mass is 10.1. The van der Waals surface area contributed by atoms with Crippen molar-refractivity contribution in [3.05, 3.63) is 29.6 Å². The SMILES string of the molecule is CC(C)S(=O)(=O)NC1CCN(C(=O)Nc2ccc(F)c(C(F)(F)F)c2)CC1. The minimum Gasteiger partial charge on any atom is -0.324 e. The van der Waals surface area contributed by atoms with E-state index in [9.17, 15) is 30.8 Å². The van der Waals surface area contributed by atoms with Crippen LogP contribution in [-0.2, 0) is 16.2 Å². The zero-order valence-corrected chi connectivity index (χ0v) is 15.6. The molecule has 1 aliphatic rings. The van der Waals surface area contributed by atoms with Gasteiger partial charge in [0.1, 0.15) is 5.82 Å². The molecule has 1 aromatic carbocycles. The van der Waals surface area contributed by atoms with Gasteiger partial charge in [-0.3, -0.25) is 0 Å². The van der Waals surface area contributed by atoms with Crippen LogP contribution in [0.25, 0.3) is 0 Å². The average Bonchev–Trinajstić information content (AvgIpc) is 2.55. The summed E-state index contributed by atoms with van der Waals surface area (Å²) >= 11 is 0. The molecule has 0 radical (unpaired) electrons. The molecule has 0 aliphatic carbocycles. The standard InChI is InChI=1S/C16H21F4N3O3S/c1-10(2)27(25,26)22-11-5-7-23(8-6-11)15(24)21-12-3-4-14(17)13(9-12)16(18,19)20/h3-4,9-11,22H,5-8H2,1-2H3,(H,21,24). The fourth-order valence-electron chi connectivity index (χ4n) is 2.59. The van der Waals surface area contributed by atoms with E-state index in [4.69, 9.17) is 0 Å². The smallest absolute Gasteiger partial charge is 0.324 e. The first-order valence-corrected chi connectivity index (χ1v) is 9.88. The van der Waals surface area contributed by atoms with Crippen LogP contribution in [0.3, 0.4) is 0 Å². The van der Waals surface area contributed by atoms with Crippen molar-refractivity contribution in [3.63, 3.8) is 0 Å². The molecule has 0 aromatic heterocycles. The first-order chi connectivity index (χ1) is 12.4. The summed E-state index contributed by atoms with van der Waals surface area (Å²) in [5.74, 6) is -1.42. The zero-order valence-electron chi connectivity index (χ0n) is 14.8. The lowest BCUT2D eigenvalue weighted by Gasteiger charge is -2.32. The normalized spacial score (nSPS) is 16.6. The number of anilines is 1. The molecule has 1 heterocycles. The second kappa shape index (κ2) is 8.01. The number of amides is 2. The number of piperidine rings is 1. The lowest BCUT2D eigenvalue weighted by Crippen LogP contribution is -2.48. The van der Waals surface area contributed by atoms with Crippen LogP contribution in [0, 0.1) is 5.82 Å². The van der Waals surface area contributed by atoms with Crippen molar-refractivity contribution in [2.75, 3.05) is 18.4 Å². The van der Waals surface area contributed by atoms with E-state index in [-0.39, 0.29) is 24.8 Å². The van der Waals surface area contributed by atoms with Crippen molar-refractivity contribution in [1.29, 1.82) is 0 Å². The van der Waals surface area contributed by atoms with Gasteiger partial charge in [0, 0.05) is 24.8 Å². The average molecular weight is 411 g/mol. The molecule has 11 heteroatoms. The Balaban J connectivity index is 1.95. The first kappa shape index (κ1) is 21.4. The van der Waals surface area contributed by atoms with Crippen LogP contribution in [0.2, 0.25) is 0 Å². The molecule has 1 fully saturated rings. The summed E-state index contributed by atoms with van der Waals surface area (Å²) in [5.41, 5.74) is -1.63. The maximum absolute atomic E-state index is 13.3. The molecule has 0 bridgehead atoms. The van der Waals surface area contributed by atoms with E-state index in [1.54, 1.807) is 13.8 Å². The highest BCUT2D eigenvalue weighted by Crippen LogP contribution is 2.33. The number of benzene rings is 1. The van der Waals surface area contributed by atoms with Gasteiger partial charge in [-0.05, 0) is 44.9 Å². The van der Waals surface area contributed by atoms with E-state index in [0.29, 0.717) is 25.0 Å². The molecule has 2 rings (SSSR count). The van der Waals surface area contributed by atoms with Gasteiger partial charge in [0.15, 0.2) is 0 Å². The van der Waals surface area contributed by atoms with Gasteiger partial charge < -0.3 is 10.2 Å². The van der Waals surface area contributed by atoms with Gasteiger partial charge in [0.05, 0.1) is 10.8 Å². The Morgan fingerprint density at radius 2 is 1.81 bits per heavy atom. The lowest BCUT2D eigenvalue weighted by molar-refractivity contribution is -0.139. The van der Waals surface area contributed by atoms with Crippen molar-refractivity contribution >= 4 is 21.7 Å². The summed E-state index contributed by atoms with van der Waals surface area (Å²) in [7, 11) is -3.42. The van der Waals surface area contributed by atoms with Crippen LogP contribution < -0.4 is 10.0 Å². The first-order valence-electron chi connectivity index (χ1n) is 8.34. The van der Waals surface area contributed by atoms with E-state index in [1.165, 1.54) is 4.90 Å². The number of nitrogens with one attached hydrogen (secondary N) is 2. The van der Waals surface area contributed by atoms with Crippen LogP contribution in [0.5, 0.6) is 0 Å². The number of hydrogen-bond acceptors (Lipinski definition) is 3. The highest BCUT2D eigenvalue weighted by Gasteiger charge is 2.34. The number of rotatable bonds is 4. The molecule has 1 aromatic rings. The number of halogens is 4. The Kier molecular flexibility index (Phi) is 6.35. The fraction of sp³-hybridized carbons (Fsp3) is 0.562.